The van der Waals surface area contributed by atoms with E-state index in [0.717, 1.165) is 11.3 Å². The lowest BCUT2D eigenvalue weighted by molar-refractivity contribution is 0.0512. The molecule has 0 saturated carbocycles. The summed E-state index contributed by atoms with van der Waals surface area (Å²) in [5.41, 5.74) is 1.34. The van der Waals surface area contributed by atoms with Gasteiger partial charge in [-0.2, -0.15) is 0 Å². The normalized spacial score (nSPS) is 10.2. The highest BCUT2D eigenvalue weighted by Crippen LogP contribution is 2.12. The zero-order chi connectivity index (χ0) is 13.7. The van der Waals surface area contributed by atoms with Gasteiger partial charge in [-0.3, -0.25) is 0 Å². The fourth-order valence-corrected chi connectivity index (χ4v) is 1.64. The molecule has 0 bridgehead atoms. The average Bonchev–Trinajstić information content (AvgIpc) is 2.88. The molecule has 6 nitrogen and oxygen atoms in total. The molecule has 0 fully saturated rings. The summed E-state index contributed by atoms with van der Waals surface area (Å²) in [6.45, 7) is 2.54. The number of hydrogen-bond acceptors (Lipinski definition) is 5. The molecular weight excluding hydrogens is 246 g/mol. The van der Waals surface area contributed by atoms with Gasteiger partial charge >= 0.3 is 5.97 Å². The predicted molar refractivity (Wildman–Crippen MR) is 68.1 cm³/mol. The van der Waals surface area contributed by atoms with Gasteiger partial charge in [-0.25, -0.2) is 9.48 Å². The predicted octanol–water partition coefficient (Wildman–Crippen LogP) is 1.51. The lowest BCUT2D eigenvalue weighted by Gasteiger charge is -2.06. The third kappa shape index (κ3) is 3.09. The van der Waals surface area contributed by atoms with Crippen LogP contribution in [-0.2, 0) is 11.3 Å². The molecule has 100 valence electrons. The smallest absolute Gasteiger partial charge is 0.358 e. The number of rotatable bonds is 5. The molecule has 0 N–H and O–H groups in total. The van der Waals surface area contributed by atoms with E-state index in [0.29, 0.717) is 18.8 Å². The van der Waals surface area contributed by atoms with E-state index < -0.39 is 5.97 Å². The standard InChI is InChI=1S/C13H15N3O3/c1-3-19-13(17)12-8-14-15-16(12)9-10-4-6-11(18-2)7-5-10/h4-8H,3,9H2,1-2H3. The van der Waals surface area contributed by atoms with E-state index in [4.69, 9.17) is 9.47 Å². The zero-order valence-corrected chi connectivity index (χ0v) is 10.9. The molecule has 1 aromatic carbocycles. The van der Waals surface area contributed by atoms with Gasteiger partial charge in [0.15, 0.2) is 5.69 Å². The van der Waals surface area contributed by atoms with E-state index >= 15 is 0 Å². The molecule has 0 saturated heterocycles. The fourth-order valence-electron chi connectivity index (χ4n) is 1.64. The van der Waals surface area contributed by atoms with Gasteiger partial charge in [-0.15, -0.1) is 5.10 Å². The average molecular weight is 261 g/mol. The van der Waals surface area contributed by atoms with Crippen LogP contribution in [-0.4, -0.2) is 34.7 Å². The van der Waals surface area contributed by atoms with Crippen molar-refractivity contribution >= 4 is 5.97 Å². The van der Waals surface area contributed by atoms with Crippen molar-refractivity contribution in [2.24, 2.45) is 0 Å². The first kappa shape index (κ1) is 13.1. The van der Waals surface area contributed by atoms with Crippen LogP contribution in [0.5, 0.6) is 5.75 Å². The molecular formula is C13H15N3O3. The summed E-state index contributed by atoms with van der Waals surface area (Å²) in [5, 5.41) is 7.63. The minimum absolute atomic E-state index is 0.326. The number of esters is 1. The second-order valence-electron chi connectivity index (χ2n) is 3.85. The minimum Gasteiger partial charge on any atom is -0.497 e. The molecule has 1 heterocycles. The van der Waals surface area contributed by atoms with Crippen molar-refractivity contribution in [2.45, 2.75) is 13.5 Å². The molecule has 0 radical (unpaired) electrons. The molecule has 0 aliphatic rings. The van der Waals surface area contributed by atoms with Gasteiger partial charge in [0.1, 0.15) is 5.75 Å². The summed E-state index contributed by atoms with van der Waals surface area (Å²) in [6, 6.07) is 7.54. The first-order chi connectivity index (χ1) is 9.24. The second kappa shape index (κ2) is 5.99. The third-order valence-corrected chi connectivity index (χ3v) is 2.59. The minimum atomic E-state index is -0.416. The largest absolute Gasteiger partial charge is 0.497 e. The molecule has 0 aliphatic heterocycles. The number of hydrogen-bond donors (Lipinski definition) is 0. The van der Waals surface area contributed by atoms with E-state index in [1.165, 1.54) is 10.9 Å². The van der Waals surface area contributed by atoms with E-state index in [1.807, 2.05) is 24.3 Å². The maximum Gasteiger partial charge on any atom is 0.358 e. The second-order valence-corrected chi connectivity index (χ2v) is 3.85. The van der Waals surface area contributed by atoms with Gasteiger partial charge in [0.2, 0.25) is 0 Å². The van der Waals surface area contributed by atoms with E-state index in [1.54, 1.807) is 14.0 Å². The highest BCUT2D eigenvalue weighted by atomic mass is 16.5. The zero-order valence-electron chi connectivity index (χ0n) is 10.9. The first-order valence-electron chi connectivity index (χ1n) is 5.93. The first-order valence-corrected chi connectivity index (χ1v) is 5.93. The lowest BCUT2D eigenvalue weighted by atomic mass is 10.2. The van der Waals surface area contributed by atoms with Crippen LogP contribution >= 0.6 is 0 Å². The Morgan fingerprint density at radius 3 is 2.68 bits per heavy atom. The van der Waals surface area contributed by atoms with Crippen LogP contribution in [0.1, 0.15) is 23.0 Å². The molecule has 2 rings (SSSR count). The monoisotopic (exact) mass is 261 g/mol. The van der Waals surface area contributed by atoms with Crippen LogP contribution in [0.25, 0.3) is 0 Å². The maximum absolute atomic E-state index is 11.7. The van der Waals surface area contributed by atoms with Crippen molar-refractivity contribution in [2.75, 3.05) is 13.7 Å². The number of benzene rings is 1. The molecule has 0 atom stereocenters. The molecule has 19 heavy (non-hydrogen) atoms. The SMILES string of the molecule is CCOC(=O)c1cnnn1Cc1ccc(OC)cc1. The maximum atomic E-state index is 11.7. The third-order valence-electron chi connectivity index (χ3n) is 2.59. The highest BCUT2D eigenvalue weighted by molar-refractivity contribution is 5.87. The van der Waals surface area contributed by atoms with Crippen LogP contribution in [0, 0.1) is 0 Å². The highest BCUT2D eigenvalue weighted by Gasteiger charge is 2.14. The van der Waals surface area contributed by atoms with Crippen LogP contribution < -0.4 is 4.74 Å². The Bertz CT molecular complexity index is 549. The van der Waals surface area contributed by atoms with Gasteiger partial charge in [0.05, 0.1) is 26.5 Å². The Morgan fingerprint density at radius 2 is 2.05 bits per heavy atom. The topological polar surface area (TPSA) is 66.2 Å². The molecule has 0 amide bonds. The van der Waals surface area contributed by atoms with Crippen molar-refractivity contribution in [3.8, 4) is 5.75 Å². The summed E-state index contributed by atoms with van der Waals surface area (Å²) < 4.78 is 11.5. The molecule has 0 spiro atoms. The Labute approximate surface area is 110 Å². The van der Waals surface area contributed by atoms with Crippen molar-refractivity contribution in [1.29, 1.82) is 0 Å². The molecule has 2 aromatic rings. The molecule has 1 aromatic heterocycles. The van der Waals surface area contributed by atoms with Crippen LogP contribution in [0.4, 0.5) is 0 Å². The van der Waals surface area contributed by atoms with Crippen molar-refractivity contribution < 1.29 is 14.3 Å². The summed E-state index contributed by atoms with van der Waals surface area (Å²) in [6.07, 6.45) is 1.40. The number of methoxy groups -OCH3 is 1. The molecule has 6 heteroatoms. The summed E-state index contributed by atoms with van der Waals surface area (Å²) in [7, 11) is 1.62. The number of carbonyl (C=O) groups is 1. The van der Waals surface area contributed by atoms with Gasteiger partial charge in [0, 0.05) is 0 Å². The van der Waals surface area contributed by atoms with E-state index in [2.05, 4.69) is 10.3 Å². The van der Waals surface area contributed by atoms with Crippen molar-refractivity contribution in [3.63, 3.8) is 0 Å². The van der Waals surface area contributed by atoms with Crippen LogP contribution in [0.15, 0.2) is 30.5 Å². The van der Waals surface area contributed by atoms with E-state index in [-0.39, 0.29) is 0 Å². The van der Waals surface area contributed by atoms with Crippen molar-refractivity contribution in [1.82, 2.24) is 15.0 Å². The summed E-state index contributed by atoms with van der Waals surface area (Å²) in [4.78, 5) is 11.7. The van der Waals surface area contributed by atoms with Crippen molar-refractivity contribution in [3.05, 3.63) is 41.7 Å². The van der Waals surface area contributed by atoms with E-state index in [9.17, 15) is 4.79 Å². The van der Waals surface area contributed by atoms with Crippen LogP contribution in [0.3, 0.4) is 0 Å². The lowest BCUT2D eigenvalue weighted by Crippen LogP contribution is -2.14. The summed E-state index contributed by atoms with van der Waals surface area (Å²) >= 11 is 0. The summed E-state index contributed by atoms with van der Waals surface area (Å²) in [5.74, 6) is 0.369. The number of ether oxygens (including phenoxy) is 2. The van der Waals surface area contributed by atoms with Gasteiger partial charge in [-0.05, 0) is 24.6 Å². The quantitative estimate of drug-likeness (QED) is 0.763. The van der Waals surface area contributed by atoms with Gasteiger partial charge < -0.3 is 9.47 Å². The number of aromatic nitrogens is 3. The van der Waals surface area contributed by atoms with Gasteiger partial charge in [0.25, 0.3) is 0 Å². The Kier molecular flexibility index (Phi) is 4.12. The Morgan fingerprint density at radius 1 is 1.32 bits per heavy atom. The molecule has 0 unspecified atom stereocenters. The van der Waals surface area contributed by atoms with Crippen LogP contribution in [0.2, 0.25) is 0 Å². The number of nitrogens with zero attached hydrogens (tertiary/aromatic N) is 3. The number of carbonyl (C=O) groups excluding carboxylic acids is 1. The molecule has 0 aliphatic carbocycles. The van der Waals surface area contributed by atoms with Gasteiger partial charge in [-0.1, -0.05) is 17.3 Å². The Balaban J connectivity index is 2.14. The fraction of sp³-hybridized carbons (Fsp3) is 0.308. The Hall–Kier alpha value is -2.37.